The van der Waals surface area contributed by atoms with Crippen LogP contribution >= 0.6 is 11.3 Å². The van der Waals surface area contributed by atoms with Crippen LogP contribution in [0, 0.1) is 11.8 Å². The summed E-state index contributed by atoms with van der Waals surface area (Å²) >= 11 is 1.48. The SMILES string of the molecule is CCOC(=O)C1=C(C)NC2=C(C(=O)[C@H](C(=O)OCC)[C@H](C)C2)[C@@H]1c1cccs1. The maximum absolute atomic E-state index is 13.5. The molecule has 0 fully saturated rings. The first-order valence-corrected chi connectivity index (χ1v) is 10.4. The number of carbonyl (C=O) groups is 3. The second kappa shape index (κ2) is 8.31. The standard InChI is InChI=1S/C21H25NO5S/c1-5-26-20(24)15-11(3)10-13-17(19(15)23)18(14-8-7-9-28-14)16(12(4)22-13)21(25)27-6-2/h7-9,11,15,18,22H,5-6,10H2,1-4H3/t11-,15-,18-/m1/s1. The molecular weight excluding hydrogens is 378 g/mol. The van der Waals surface area contributed by atoms with Gasteiger partial charge in [0.05, 0.1) is 24.7 Å². The minimum Gasteiger partial charge on any atom is -0.465 e. The van der Waals surface area contributed by atoms with Crippen LogP contribution in [0.1, 0.15) is 44.9 Å². The van der Waals surface area contributed by atoms with Crippen LogP contribution in [0.25, 0.3) is 0 Å². The first-order chi connectivity index (χ1) is 13.4. The van der Waals surface area contributed by atoms with Crippen molar-refractivity contribution in [3.8, 4) is 0 Å². The molecule has 2 heterocycles. The number of ketones is 1. The predicted octanol–water partition coefficient (Wildman–Crippen LogP) is 3.31. The van der Waals surface area contributed by atoms with Crippen molar-refractivity contribution in [1.29, 1.82) is 0 Å². The molecule has 3 atom stereocenters. The smallest absolute Gasteiger partial charge is 0.336 e. The molecule has 150 valence electrons. The molecule has 28 heavy (non-hydrogen) atoms. The van der Waals surface area contributed by atoms with E-state index < -0.39 is 23.8 Å². The van der Waals surface area contributed by atoms with Gasteiger partial charge in [-0.2, -0.15) is 0 Å². The van der Waals surface area contributed by atoms with Gasteiger partial charge in [0.2, 0.25) is 0 Å². The molecule has 0 aromatic carbocycles. The summed E-state index contributed by atoms with van der Waals surface area (Å²) in [4.78, 5) is 39.6. The van der Waals surface area contributed by atoms with E-state index in [9.17, 15) is 14.4 Å². The number of rotatable bonds is 5. The van der Waals surface area contributed by atoms with Gasteiger partial charge < -0.3 is 14.8 Å². The van der Waals surface area contributed by atoms with Crippen molar-refractivity contribution in [2.45, 2.75) is 40.0 Å². The third-order valence-corrected chi connectivity index (χ3v) is 6.09. The average molecular weight is 404 g/mol. The van der Waals surface area contributed by atoms with E-state index in [1.807, 2.05) is 31.4 Å². The Labute approximate surface area is 168 Å². The lowest BCUT2D eigenvalue weighted by molar-refractivity contribution is -0.153. The third-order valence-electron chi connectivity index (χ3n) is 5.15. The van der Waals surface area contributed by atoms with Crippen LogP contribution < -0.4 is 5.32 Å². The molecule has 0 bridgehead atoms. The van der Waals surface area contributed by atoms with E-state index in [2.05, 4.69) is 5.32 Å². The number of allylic oxidation sites excluding steroid dienone is 3. The number of ether oxygens (including phenoxy) is 2. The first kappa shape index (κ1) is 20.3. The molecule has 6 nitrogen and oxygen atoms in total. The summed E-state index contributed by atoms with van der Waals surface area (Å²) in [5, 5.41) is 5.15. The maximum Gasteiger partial charge on any atom is 0.336 e. The molecule has 1 N–H and O–H groups in total. The lowest BCUT2D eigenvalue weighted by atomic mass is 9.70. The van der Waals surface area contributed by atoms with Crippen LogP contribution in [0.2, 0.25) is 0 Å². The van der Waals surface area contributed by atoms with Gasteiger partial charge in [0.25, 0.3) is 0 Å². The Morgan fingerprint density at radius 1 is 1.25 bits per heavy atom. The fourth-order valence-corrected chi connectivity index (χ4v) is 4.85. The largest absolute Gasteiger partial charge is 0.465 e. The molecule has 0 unspecified atom stereocenters. The van der Waals surface area contributed by atoms with Crippen molar-refractivity contribution < 1.29 is 23.9 Å². The normalized spacial score (nSPS) is 24.6. The van der Waals surface area contributed by atoms with Crippen LogP contribution in [0.3, 0.4) is 0 Å². The second-order valence-electron chi connectivity index (χ2n) is 7.00. The molecule has 0 saturated carbocycles. The maximum atomic E-state index is 13.5. The Bertz CT molecular complexity index is 852. The van der Waals surface area contributed by atoms with E-state index in [1.54, 1.807) is 13.8 Å². The molecule has 1 aliphatic carbocycles. The molecule has 0 amide bonds. The summed E-state index contributed by atoms with van der Waals surface area (Å²) in [7, 11) is 0. The number of thiophene rings is 1. The molecule has 7 heteroatoms. The van der Waals surface area contributed by atoms with Crippen molar-refractivity contribution in [2.24, 2.45) is 11.8 Å². The van der Waals surface area contributed by atoms with Crippen LogP contribution in [0.5, 0.6) is 0 Å². The summed E-state index contributed by atoms with van der Waals surface area (Å²) in [5.74, 6) is -2.79. The number of nitrogens with one attached hydrogen (secondary N) is 1. The fourth-order valence-electron chi connectivity index (χ4n) is 4.01. The monoisotopic (exact) mass is 403 g/mol. The Balaban J connectivity index is 2.11. The quantitative estimate of drug-likeness (QED) is 0.600. The molecule has 2 aliphatic rings. The summed E-state index contributed by atoms with van der Waals surface area (Å²) in [5.41, 5.74) is 2.37. The first-order valence-electron chi connectivity index (χ1n) is 9.52. The number of esters is 2. The van der Waals surface area contributed by atoms with Gasteiger partial charge in [0.15, 0.2) is 5.78 Å². The Kier molecular flexibility index (Phi) is 6.03. The minimum atomic E-state index is -0.857. The zero-order valence-corrected chi connectivity index (χ0v) is 17.4. The van der Waals surface area contributed by atoms with Crippen molar-refractivity contribution in [1.82, 2.24) is 5.32 Å². The number of Topliss-reactive ketones (excluding diaryl/α,β-unsaturated/α-hetero) is 1. The number of hydrogen-bond donors (Lipinski definition) is 1. The average Bonchev–Trinajstić information content (AvgIpc) is 3.15. The van der Waals surface area contributed by atoms with Crippen molar-refractivity contribution >= 4 is 29.1 Å². The fraction of sp³-hybridized carbons (Fsp3) is 0.476. The molecule has 1 aromatic heterocycles. The Hall–Kier alpha value is -2.41. The van der Waals surface area contributed by atoms with Crippen LogP contribution in [-0.4, -0.2) is 30.9 Å². The molecule has 1 aromatic rings. The summed E-state index contributed by atoms with van der Waals surface area (Å²) in [6.07, 6.45) is 0.542. The zero-order valence-electron chi connectivity index (χ0n) is 16.5. The highest BCUT2D eigenvalue weighted by molar-refractivity contribution is 7.10. The van der Waals surface area contributed by atoms with Gasteiger partial charge >= 0.3 is 11.9 Å². The van der Waals surface area contributed by atoms with E-state index in [0.717, 1.165) is 10.6 Å². The number of dihydropyridines is 1. The van der Waals surface area contributed by atoms with Crippen molar-refractivity contribution in [2.75, 3.05) is 13.2 Å². The Morgan fingerprint density at radius 3 is 2.57 bits per heavy atom. The van der Waals surface area contributed by atoms with Crippen molar-refractivity contribution in [3.05, 3.63) is 44.9 Å². The van der Waals surface area contributed by atoms with Gasteiger partial charge in [0.1, 0.15) is 5.92 Å². The highest BCUT2D eigenvalue weighted by Gasteiger charge is 2.47. The van der Waals surface area contributed by atoms with E-state index in [1.165, 1.54) is 11.3 Å². The van der Waals surface area contributed by atoms with Gasteiger partial charge in [0, 0.05) is 21.8 Å². The number of carbonyl (C=O) groups excluding carboxylic acids is 3. The molecule has 0 saturated heterocycles. The van der Waals surface area contributed by atoms with Gasteiger partial charge in [-0.15, -0.1) is 11.3 Å². The summed E-state index contributed by atoms with van der Waals surface area (Å²) in [6.45, 7) is 7.64. The van der Waals surface area contributed by atoms with Crippen molar-refractivity contribution in [3.63, 3.8) is 0 Å². The molecule has 1 aliphatic heterocycles. The zero-order chi connectivity index (χ0) is 20.4. The highest BCUT2D eigenvalue weighted by Crippen LogP contribution is 2.46. The van der Waals surface area contributed by atoms with E-state index >= 15 is 0 Å². The molecule has 0 spiro atoms. The van der Waals surface area contributed by atoms with Crippen LogP contribution in [0.4, 0.5) is 0 Å². The topological polar surface area (TPSA) is 81.7 Å². The molecular formula is C21H25NO5S. The number of hydrogen-bond acceptors (Lipinski definition) is 7. The molecule has 0 radical (unpaired) electrons. The summed E-state index contributed by atoms with van der Waals surface area (Å²) < 4.78 is 10.4. The molecule has 3 rings (SSSR count). The minimum absolute atomic E-state index is 0.182. The predicted molar refractivity (Wildman–Crippen MR) is 105 cm³/mol. The summed E-state index contributed by atoms with van der Waals surface area (Å²) in [6, 6.07) is 3.79. The van der Waals surface area contributed by atoms with Gasteiger partial charge in [-0.05, 0) is 44.6 Å². The van der Waals surface area contributed by atoms with Crippen LogP contribution in [-0.2, 0) is 23.9 Å². The Morgan fingerprint density at radius 2 is 1.96 bits per heavy atom. The third kappa shape index (κ3) is 3.51. The lowest BCUT2D eigenvalue weighted by Gasteiger charge is -2.37. The van der Waals surface area contributed by atoms with E-state index in [-0.39, 0.29) is 24.9 Å². The van der Waals surface area contributed by atoms with E-state index in [4.69, 9.17) is 9.47 Å². The van der Waals surface area contributed by atoms with Gasteiger partial charge in [-0.1, -0.05) is 13.0 Å². The second-order valence-corrected chi connectivity index (χ2v) is 7.98. The highest BCUT2D eigenvalue weighted by atomic mass is 32.1. The van der Waals surface area contributed by atoms with Gasteiger partial charge in [-0.3, -0.25) is 9.59 Å². The lowest BCUT2D eigenvalue weighted by Crippen LogP contribution is -2.43. The van der Waals surface area contributed by atoms with E-state index in [0.29, 0.717) is 23.3 Å². The van der Waals surface area contributed by atoms with Gasteiger partial charge in [-0.25, -0.2) is 4.79 Å². The van der Waals surface area contributed by atoms with Crippen LogP contribution in [0.15, 0.2) is 40.1 Å².